The molecule has 0 saturated carbocycles. The van der Waals surface area contributed by atoms with Gasteiger partial charge in [0.2, 0.25) is 11.8 Å². The van der Waals surface area contributed by atoms with Crippen LogP contribution in [0.2, 0.25) is 5.02 Å². The Kier molecular flexibility index (Phi) is 6.61. The van der Waals surface area contributed by atoms with Crippen LogP contribution in [0.25, 0.3) is 0 Å². The first-order valence-corrected chi connectivity index (χ1v) is 8.38. The highest BCUT2D eigenvalue weighted by atomic mass is 35.5. The summed E-state index contributed by atoms with van der Waals surface area (Å²) in [6.07, 6.45) is 0.964. The van der Waals surface area contributed by atoms with E-state index < -0.39 is 0 Å². The first-order chi connectivity index (χ1) is 11.5. The van der Waals surface area contributed by atoms with E-state index in [-0.39, 0.29) is 36.5 Å². The zero-order chi connectivity index (χ0) is 17.5. The van der Waals surface area contributed by atoms with Crippen LogP contribution in [0.4, 0.5) is 5.69 Å². The molecule has 24 heavy (non-hydrogen) atoms. The Morgan fingerprint density at radius 1 is 1.42 bits per heavy atom. The number of benzene rings is 1. The van der Waals surface area contributed by atoms with Crippen molar-refractivity contribution < 1.29 is 19.1 Å². The maximum atomic E-state index is 12.2. The lowest BCUT2D eigenvalue weighted by atomic mass is 10.1. The molecule has 0 radical (unpaired) electrons. The number of halogens is 1. The minimum absolute atomic E-state index is 0.0936. The topological polar surface area (TPSA) is 75.7 Å². The second-order valence-electron chi connectivity index (χ2n) is 5.58. The molecule has 1 aromatic carbocycles. The maximum Gasteiger partial charge on any atom is 0.305 e. The molecule has 2 amide bonds. The number of hydrogen-bond acceptors (Lipinski definition) is 4. The Morgan fingerprint density at radius 3 is 2.92 bits per heavy atom. The number of ether oxygens (including phenoxy) is 1. The molecule has 1 atom stereocenters. The van der Waals surface area contributed by atoms with E-state index in [4.69, 9.17) is 16.3 Å². The lowest BCUT2D eigenvalue weighted by Crippen LogP contribution is -2.33. The number of nitrogens with one attached hydrogen (secondary N) is 1. The molecule has 0 aromatic heterocycles. The largest absolute Gasteiger partial charge is 0.466 e. The molecule has 1 aliphatic rings. The van der Waals surface area contributed by atoms with Gasteiger partial charge < -0.3 is 15.0 Å². The second-order valence-corrected chi connectivity index (χ2v) is 6.02. The van der Waals surface area contributed by atoms with E-state index in [1.165, 1.54) is 0 Å². The van der Waals surface area contributed by atoms with Gasteiger partial charge in [-0.25, -0.2) is 0 Å². The third-order valence-corrected chi connectivity index (χ3v) is 4.01. The van der Waals surface area contributed by atoms with Crippen molar-refractivity contribution in [1.29, 1.82) is 0 Å². The van der Waals surface area contributed by atoms with Crippen LogP contribution in [0, 0.1) is 5.92 Å². The zero-order valence-corrected chi connectivity index (χ0v) is 14.3. The molecule has 130 valence electrons. The molecule has 1 fully saturated rings. The van der Waals surface area contributed by atoms with Crippen LogP contribution in [-0.4, -0.2) is 37.5 Å². The fourth-order valence-electron chi connectivity index (χ4n) is 2.60. The van der Waals surface area contributed by atoms with Gasteiger partial charge in [-0.1, -0.05) is 17.7 Å². The zero-order valence-electron chi connectivity index (χ0n) is 13.6. The van der Waals surface area contributed by atoms with E-state index in [0.717, 1.165) is 0 Å². The number of carbonyl (C=O) groups is 3. The van der Waals surface area contributed by atoms with Crippen molar-refractivity contribution in [2.24, 2.45) is 5.92 Å². The number of esters is 1. The fraction of sp³-hybridized carbons (Fsp3) is 0.471. The summed E-state index contributed by atoms with van der Waals surface area (Å²) >= 11 is 5.95. The third kappa shape index (κ3) is 4.96. The number of rotatable bonds is 7. The molecule has 2 rings (SSSR count). The molecule has 1 aromatic rings. The van der Waals surface area contributed by atoms with Gasteiger partial charge in [0.25, 0.3) is 0 Å². The van der Waals surface area contributed by atoms with Crippen molar-refractivity contribution in [2.75, 3.05) is 24.6 Å². The lowest BCUT2D eigenvalue weighted by Gasteiger charge is -2.17. The quantitative estimate of drug-likeness (QED) is 0.602. The van der Waals surface area contributed by atoms with Crippen LogP contribution in [0.5, 0.6) is 0 Å². The average molecular weight is 353 g/mol. The van der Waals surface area contributed by atoms with Gasteiger partial charge >= 0.3 is 5.97 Å². The van der Waals surface area contributed by atoms with Gasteiger partial charge in [0.15, 0.2) is 0 Å². The molecular weight excluding hydrogens is 332 g/mol. The standard InChI is InChI=1S/C17H21ClN2O4/c1-2-24-16(22)7-4-8-19-17(23)12-9-15(21)20(11-12)14-6-3-5-13(18)10-14/h3,5-6,10,12H,2,4,7-9,11H2,1H3,(H,19,23). The van der Waals surface area contributed by atoms with Crippen molar-refractivity contribution in [3.05, 3.63) is 29.3 Å². The van der Waals surface area contributed by atoms with Gasteiger partial charge in [-0.3, -0.25) is 14.4 Å². The minimum Gasteiger partial charge on any atom is -0.466 e. The molecule has 1 saturated heterocycles. The van der Waals surface area contributed by atoms with Gasteiger partial charge in [0, 0.05) is 36.6 Å². The maximum absolute atomic E-state index is 12.2. The van der Waals surface area contributed by atoms with E-state index in [2.05, 4.69) is 5.32 Å². The predicted octanol–water partition coefficient (Wildman–Crippen LogP) is 2.15. The van der Waals surface area contributed by atoms with Crippen molar-refractivity contribution in [3.8, 4) is 0 Å². The highest BCUT2D eigenvalue weighted by Crippen LogP contribution is 2.27. The molecular formula is C17H21ClN2O4. The molecule has 6 nitrogen and oxygen atoms in total. The molecule has 1 N–H and O–H groups in total. The molecule has 1 heterocycles. The Morgan fingerprint density at radius 2 is 2.21 bits per heavy atom. The predicted molar refractivity (Wildman–Crippen MR) is 90.8 cm³/mol. The first kappa shape index (κ1) is 18.3. The number of anilines is 1. The van der Waals surface area contributed by atoms with Crippen molar-refractivity contribution in [3.63, 3.8) is 0 Å². The number of hydrogen-bond donors (Lipinski definition) is 1. The van der Waals surface area contributed by atoms with E-state index in [1.54, 1.807) is 36.1 Å². The highest BCUT2D eigenvalue weighted by Gasteiger charge is 2.34. The van der Waals surface area contributed by atoms with Crippen LogP contribution in [0.3, 0.4) is 0 Å². The summed E-state index contributed by atoms with van der Waals surface area (Å²) < 4.78 is 4.82. The monoisotopic (exact) mass is 352 g/mol. The third-order valence-electron chi connectivity index (χ3n) is 3.78. The van der Waals surface area contributed by atoms with E-state index in [9.17, 15) is 14.4 Å². The summed E-state index contributed by atoms with van der Waals surface area (Å²) in [5, 5.41) is 3.32. The van der Waals surface area contributed by atoms with Gasteiger partial charge in [0.1, 0.15) is 0 Å². The Hall–Kier alpha value is -2.08. The van der Waals surface area contributed by atoms with Crippen molar-refractivity contribution in [1.82, 2.24) is 5.32 Å². The van der Waals surface area contributed by atoms with E-state index in [1.807, 2.05) is 0 Å². The second kappa shape index (κ2) is 8.68. The summed E-state index contributed by atoms with van der Waals surface area (Å²) in [6.45, 7) is 2.83. The summed E-state index contributed by atoms with van der Waals surface area (Å²) in [4.78, 5) is 37.1. The van der Waals surface area contributed by atoms with Crippen LogP contribution >= 0.6 is 11.6 Å². The summed E-state index contributed by atoms with van der Waals surface area (Å²) in [5.74, 6) is -0.922. The smallest absolute Gasteiger partial charge is 0.305 e. The highest BCUT2D eigenvalue weighted by molar-refractivity contribution is 6.30. The molecule has 1 aliphatic heterocycles. The minimum atomic E-state index is -0.390. The molecule has 1 unspecified atom stereocenters. The number of amides is 2. The van der Waals surface area contributed by atoms with Gasteiger partial charge in [-0.05, 0) is 31.5 Å². The van der Waals surface area contributed by atoms with Crippen LogP contribution in [-0.2, 0) is 19.1 Å². The number of carbonyl (C=O) groups excluding carboxylic acids is 3. The van der Waals surface area contributed by atoms with Crippen molar-refractivity contribution in [2.45, 2.75) is 26.2 Å². The van der Waals surface area contributed by atoms with Gasteiger partial charge in [0.05, 0.1) is 12.5 Å². The normalized spacial score (nSPS) is 17.0. The lowest BCUT2D eigenvalue weighted by molar-refractivity contribution is -0.143. The Bertz CT molecular complexity index is 620. The summed E-state index contributed by atoms with van der Waals surface area (Å²) in [6, 6.07) is 7.01. The van der Waals surface area contributed by atoms with Crippen molar-refractivity contribution >= 4 is 35.1 Å². The fourth-order valence-corrected chi connectivity index (χ4v) is 2.78. The molecule has 0 aliphatic carbocycles. The van der Waals surface area contributed by atoms with Gasteiger partial charge in [-0.15, -0.1) is 0 Å². The summed E-state index contributed by atoms with van der Waals surface area (Å²) in [5.41, 5.74) is 0.699. The van der Waals surface area contributed by atoms with Crippen LogP contribution in [0.15, 0.2) is 24.3 Å². The summed E-state index contributed by atoms with van der Waals surface area (Å²) in [7, 11) is 0. The average Bonchev–Trinajstić information content (AvgIpc) is 2.93. The van der Waals surface area contributed by atoms with Crippen LogP contribution in [0.1, 0.15) is 26.2 Å². The Balaban J connectivity index is 1.80. The Labute approximate surface area is 146 Å². The van der Waals surface area contributed by atoms with E-state index in [0.29, 0.717) is 36.8 Å². The van der Waals surface area contributed by atoms with Gasteiger partial charge in [-0.2, -0.15) is 0 Å². The molecule has 7 heteroatoms. The van der Waals surface area contributed by atoms with E-state index >= 15 is 0 Å². The first-order valence-electron chi connectivity index (χ1n) is 8.00. The number of nitrogens with zero attached hydrogens (tertiary/aromatic N) is 1. The van der Waals surface area contributed by atoms with Crippen LogP contribution < -0.4 is 10.2 Å². The SMILES string of the molecule is CCOC(=O)CCCNC(=O)C1CC(=O)N(c2cccc(Cl)c2)C1. The molecule has 0 spiro atoms. The molecule has 0 bridgehead atoms.